The van der Waals surface area contributed by atoms with Crippen molar-refractivity contribution in [3.63, 3.8) is 0 Å². The van der Waals surface area contributed by atoms with Crippen molar-refractivity contribution in [2.75, 3.05) is 74.9 Å². The molecule has 1 saturated carbocycles. The normalized spacial score (nSPS) is 20.6. The number of benzene rings is 5. The van der Waals surface area contributed by atoms with Gasteiger partial charge in [-0.3, -0.25) is 33.8 Å². The Morgan fingerprint density at radius 1 is 0.804 bits per heavy atom. The Morgan fingerprint density at radius 2 is 1.52 bits per heavy atom. The van der Waals surface area contributed by atoms with Crippen molar-refractivity contribution in [2.24, 2.45) is 10.8 Å². The quantitative estimate of drug-likeness (QED) is 0.0174. The SMILES string of the molecule is Cc1ncsc1-c1ccc([C@H](C)NC(=O)[C@@H]2C[C@@H](O)CN2C(=O)[C@@H](NC(=O)CCCCCC(=O)N2C[C@@H]3C[C@H]2CN3CC[C@H](CSc2ccccc2)Nc2ccc(S(=O)(=O)NC(=O)c3ccc(N4CCN(CC5=C(c6ccc(Cl)cc6F)CCC6(CC6)C5)CC4)cc3)cc2S(=O)(=O)C(F)(F)F)C(C)(C)C)cc1. The number of sulfonamides is 1. The molecule has 2 aliphatic carbocycles. The van der Waals surface area contributed by atoms with Gasteiger partial charge in [0.05, 0.1) is 38.8 Å². The van der Waals surface area contributed by atoms with Gasteiger partial charge in [-0.25, -0.2) is 30.9 Å². The number of aliphatic hydroxyl groups excluding tert-OH is 1. The molecule has 5 aromatic carbocycles. The number of hydrogen-bond acceptors (Lipinski definition) is 17. The molecule has 1 spiro atoms. The summed E-state index contributed by atoms with van der Waals surface area (Å²) in [6.45, 7) is 14.0. The van der Waals surface area contributed by atoms with E-state index in [0.717, 1.165) is 69.2 Å². The largest absolute Gasteiger partial charge is 0.501 e. The maximum atomic E-state index is 15.2. The molecule has 29 heteroatoms. The number of thioether (sulfide) groups is 1. The number of allylic oxidation sites excluding steroid dienone is 1. The van der Waals surface area contributed by atoms with Crippen molar-refractivity contribution in [3.8, 4) is 10.4 Å². The average molecular weight is 1570 g/mol. The Kier molecular flexibility index (Phi) is 24.4. The van der Waals surface area contributed by atoms with Crippen LogP contribution in [-0.2, 0) is 39.0 Å². The number of aryl methyl sites for hydroxylation is 1. The third-order valence-electron chi connectivity index (χ3n) is 21.8. The zero-order chi connectivity index (χ0) is 76.3. The predicted octanol–water partition coefficient (Wildman–Crippen LogP) is 12.4. The summed E-state index contributed by atoms with van der Waals surface area (Å²) in [4.78, 5) is 83.0. The maximum absolute atomic E-state index is 15.2. The standard InChI is InChI=1S/C78H93ClF4N10O10S4/c1-49(51-16-18-52(19-17-51)71-50(2)84-48-105-71)85-74(98)67-40-60(94)46-93(67)75(99)72(76(3,4)5)87-69(95)14-10-7-11-15-70(96)92-45-58-39-59(92)44-91(58)33-29-56(47-104-61-12-8-6-9-13-61)86-66-27-25-62(41-68(66)106(100,101)78(81,82)83)107(102,103)88-73(97)53-20-23-57(24-21-53)90-36-34-89(35-37-90)43-54-42-77(31-32-77)30-28-63(54)64-26-22-55(79)38-65(64)80/h6,8-9,12-13,16-27,38,41,48-49,56,58-60,67,72,86,94H,7,10-11,14-15,28-37,39-40,42-47H2,1-5H3,(H,85,98)(H,87,95)(H,88,97)/t49-,56+,58-,59-,60+,67-,72+/m0/s1. The molecule has 5 N–H and O–H groups in total. The molecule has 5 amide bonds. The number of amides is 5. The van der Waals surface area contributed by atoms with Crippen LogP contribution in [0.15, 0.2) is 141 Å². The molecule has 5 heterocycles. The first-order valence-electron chi connectivity index (χ1n) is 36.6. The number of sulfone groups is 1. The molecule has 12 rings (SSSR count). The minimum Gasteiger partial charge on any atom is -0.391 e. The summed E-state index contributed by atoms with van der Waals surface area (Å²) in [5.41, 5.74) is 1.47. The molecular formula is C78H93ClF4N10O10S4. The number of piperazine rings is 2. The van der Waals surface area contributed by atoms with Crippen LogP contribution in [0.3, 0.4) is 0 Å². The van der Waals surface area contributed by atoms with Crippen LogP contribution in [0, 0.1) is 23.6 Å². The molecule has 574 valence electrons. The maximum Gasteiger partial charge on any atom is 0.501 e. The van der Waals surface area contributed by atoms with Crippen LogP contribution in [0.1, 0.15) is 144 Å². The summed E-state index contributed by atoms with van der Waals surface area (Å²) in [6, 6.07) is 27.4. The lowest BCUT2D eigenvalue weighted by molar-refractivity contribution is -0.144. The minimum atomic E-state index is -6.20. The first-order valence-corrected chi connectivity index (χ1v) is 41.9. The highest BCUT2D eigenvalue weighted by Crippen LogP contribution is 2.59. The number of rotatable bonds is 28. The zero-order valence-electron chi connectivity index (χ0n) is 60.7. The fraction of sp³-hybridized carbons (Fsp3) is 0.487. The predicted molar refractivity (Wildman–Crippen MR) is 407 cm³/mol. The number of anilines is 2. The van der Waals surface area contributed by atoms with Gasteiger partial charge in [-0.1, -0.05) is 92.9 Å². The van der Waals surface area contributed by atoms with Gasteiger partial charge in [-0.05, 0) is 166 Å². The highest BCUT2D eigenvalue weighted by atomic mass is 35.5. The highest BCUT2D eigenvalue weighted by molar-refractivity contribution is 7.99. The lowest BCUT2D eigenvalue weighted by Gasteiger charge is -2.38. The third kappa shape index (κ3) is 18.9. The number of halogens is 5. The average Bonchev–Trinajstić information content (AvgIpc) is 1.76. The topological polar surface area (TPSA) is 251 Å². The van der Waals surface area contributed by atoms with E-state index in [1.54, 1.807) is 41.1 Å². The van der Waals surface area contributed by atoms with Gasteiger partial charge < -0.3 is 35.8 Å². The van der Waals surface area contributed by atoms with Crippen molar-refractivity contribution in [1.29, 1.82) is 0 Å². The second-order valence-corrected chi connectivity index (χ2v) is 36.5. The van der Waals surface area contributed by atoms with Gasteiger partial charge in [0.1, 0.15) is 22.8 Å². The van der Waals surface area contributed by atoms with Crippen molar-refractivity contribution < 1.29 is 63.5 Å². The summed E-state index contributed by atoms with van der Waals surface area (Å²) in [7, 11) is -11.2. The fourth-order valence-corrected chi connectivity index (χ4v) is 19.6. The van der Waals surface area contributed by atoms with Gasteiger partial charge >= 0.3 is 5.51 Å². The molecular weight excluding hydrogens is 1480 g/mol. The van der Waals surface area contributed by atoms with E-state index in [1.165, 1.54) is 53.3 Å². The third-order valence-corrected chi connectivity index (χ3v) is 27.1. The monoisotopic (exact) mass is 1570 g/mol. The highest BCUT2D eigenvalue weighted by Gasteiger charge is 2.50. The molecule has 20 nitrogen and oxygen atoms in total. The van der Waals surface area contributed by atoms with Crippen LogP contribution < -0.4 is 25.6 Å². The van der Waals surface area contributed by atoms with Crippen molar-refractivity contribution in [2.45, 2.75) is 181 Å². The second-order valence-electron chi connectivity index (χ2n) is 30.5. The number of alkyl halides is 3. The van der Waals surface area contributed by atoms with E-state index < -0.39 is 94.3 Å². The summed E-state index contributed by atoms with van der Waals surface area (Å²) in [5, 5.41) is 20.1. The van der Waals surface area contributed by atoms with Gasteiger partial charge in [0.15, 0.2) is 0 Å². The zero-order valence-corrected chi connectivity index (χ0v) is 64.7. The Bertz CT molecular complexity index is 4520. The van der Waals surface area contributed by atoms with Crippen LogP contribution in [0.5, 0.6) is 0 Å². The lowest BCUT2D eigenvalue weighted by atomic mass is 9.78. The van der Waals surface area contributed by atoms with Gasteiger partial charge in [0.2, 0.25) is 23.6 Å². The number of carbonyl (C=O) groups is 5. The second kappa shape index (κ2) is 33.0. The smallest absolute Gasteiger partial charge is 0.391 e. The molecule has 4 aliphatic heterocycles. The molecule has 0 radical (unpaired) electrons. The number of β-amino-alcohol motifs (C(OH)–C–C–N with tert-alkyl or cyclic N) is 1. The molecule has 4 saturated heterocycles. The van der Waals surface area contributed by atoms with Gasteiger partial charge in [-0.15, -0.1) is 23.1 Å². The van der Waals surface area contributed by atoms with E-state index in [-0.39, 0.29) is 66.8 Å². The molecule has 7 atom stereocenters. The number of thiazole rings is 1. The van der Waals surface area contributed by atoms with E-state index in [1.807, 2.05) is 98.8 Å². The van der Waals surface area contributed by atoms with E-state index in [4.69, 9.17) is 11.6 Å². The lowest BCUT2D eigenvalue weighted by Crippen LogP contribution is -2.57. The number of hydrogen-bond donors (Lipinski definition) is 5. The number of likely N-dealkylation sites (tertiary alicyclic amines) is 3. The molecule has 6 aliphatic rings. The number of nitrogens with zero attached hydrogens (tertiary/aromatic N) is 6. The molecule has 2 bridgehead atoms. The van der Waals surface area contributed by atoms with Gasteiger partial charge in [-0.2, -0.15) is 13.2 Å². The van der Waals surface area contributed by atoms with E-state index in [2.05, 4.69) is 35.6 Å². The van der Waals surface area contributed by atoms with Crippen LogP contribution in [0.4, 0.5) is 28.9 Å². The molecule has 6 aromatic rings. The van der Waals surface area contributed by atoms with Crippen LogP contribution in [0.25, 0.3) is 16.0 Å². The molecule has 107 heavy (non-hydrogen) atoms. The summed E-state index contributed by atoms with van der Waals surface area (Å²) in [5.74, 6) is -2.41. The van der Waals surface area contributed by atoms with Crippen molar-refractivity contribution >= 4 is 101 Å². The molecule has 5 fully saturated rings. The van der Waals surface area contributed by atoms with E-state index in [0.29, 0.717) is 107 Å². The fourth-order valence-electron chi connectivity index (χ4n) is 15.6. The Balaban J connectivity index is 0.613. The van der Waals surface area contributed by atoms with Gasteiger partial charge in [0.25, 0.3) is 25.8 Å². The number of carbonyl (C=O) groups excluding carboxylic acids is 5. The van der Waals surface area contributed by atoms with Crippen LogP contribution in [0.2, 0.25) is 5.02 Å². The number of aliphatic hydroxyl groups is 1. The van der Waals surface area contributed by atoms with Crippen LogP contribution >= 0.6 is 34.7 Å². The summed E-state index contributed by atoms with van der Waals surface area (Å²) >= 11 is 9.05. The first-order chi connectivity index (χ1) is 50.8. The van der Waals surface area contributed by atoms with Gasteiger partial charge in [0, 0.05) is 129 Å². The van der Waals surface area contributed by atoms with Crippen molar-refractivity contribution in [3.05, 3.63) is 160 Å². The Hall–Kier alpha value is -7.44. The van der Waals surface area contributed by atoms with Crippen LogP contribution in [-0.4, -0.2) is 183 Å². The van der Waals surface area contributed by atoms with E-state index >= 15 is 4.39 Å². The van der Waals surface area contributed by atoms with Crippen molar-refractivity contribution in [1.82, 2.24) is 39.9 Å². The molecule has 0 unspecified atom stereocenters. The number of aromatic nitrogens is 1. The molecule has 1 aromatic heterocycles. The minimum absolute atomic E-state index is 0.0236. The number of fused-ring (bicyclic) bond motifs is 2. The first kappa shape index (κ1) is 79.1. The number of unbranched alkanes of at least 4 members (excludes halogenated alkanes) is 2. The number of nitrogens with one attached hydrogen (secondary N) is 4. The summed E-state index contributed by atoms with van der Waals surface area (Å²) in [6.07, 6.45) is 7.12. The summed E-state index contributed by atoms with van der Waals surface area (Å²) < 4.78 is 116. The van der Waals surface area contributed by atoms with E-state index in [9.17, 15) is 59.1 Å². The Morgan fingerprint density at radius 3 is 2.18 bits per heavy atom. The Labute approximate surface area is 636 Å².